The van der Waals surface area contributed by atoms with Crippen LogP contribution in [0.25, 0.3) is 0 Å². The predicted octanol–water partition coefficient (Wildman–Crippen LogP) is 3.17. The van der Waals surface area contributed by atoms with Gasteiger partial charge >= 0.3 is 6.03 Å². The Morgan fingerprint density at radius 1 is 1.09 bits per heavy atom. The second kappa shape index (κ2) is 7.98. The van der Waals surface area contributed by atoms with Crippen LogP contribution in [0.3, 0.4) is 0 Å². The number of rotatable bonds is 6. The van der Waals surface area contributed by atoms with Crippen LogP contribution in [0.1, 0.15) is 0 Å². The van der Waals surface area contributed by atoms with Crippen molar-refractivity contribution in [3.63, 3.8) is 0 Å². The molecule has 2 rings (SSSR count). The summed E-state index contributed by atoms with van der Waals surface area (Å²) < 4.78 is 36.0. The molecule has 2 aromatic carbocycles. The zero-order valence-corrected chi connectivity index (χ0v) is 12.4. The summed E-state index contributed by atoms with van der Waals surface area (Å²) in [6.07, 6.45) is 0. The molecule has 0 atom stereocenters. The Hall–Kier alpha value is -2.83. The third kappa shape index (κ3) is 5.14. The molecule has 122 valence electrons. The first kappa shape index (κ1) is 16.5. The van der Waals surface area contributed by atoms with E-state index in [4.69, 9.17) is 9.47 Å². The lowest BCUT2D eigenvalue weighted by Gasteiger charge is -2.10. The molecule has 0 heterocycles. The van der Waals surface area contributed by atoms with Gasteiger partial charge < -0.3 is 20.1 Å². The third-order valence-corrected chi connectivity index (χ3v) is 2.88. The second-order valence-electron chi connectivity index (χ2n) is 4.54. The number of halogens is 2. The highest BCUT2D eigenvalue weighted by atomic mass is 19.2. The molecule has 0 radical (unpaired) electrons. The normalized spacial score (nSPS) is 10.0. The van der Waals surface area contributed by atoms with Crippen LogP contribution in [0.5, 0.6) is 11.5 Å². The number of anilines is 1. The molecule has 0 spiro atoms. The summed E-state index contributed by atoms with van der Waals surface area (Å²) in [7, 11) is 1.54. The summed E-state index contributed by atoms with van der Waals surface area (Å²) in [6, 6.07) is 9.75. The van der Waals surface area contributed by atoms with Crippen molar-refractivity contribution in [2.45, 2.75) is 0 Å². The van der Waals surface area contributed by atoms with Crippen molar-refractivity contribution >= 4 is 11.7 Å². The number of urea groups is 1. The zero-order chi connectivity index (χ0) is 16.7. The van der Waals surface area contributed by atoms with Crippen LogP contribution in [-0.2, 0) is 0 Å². The molecule has 0 aliphatic heterocycles. The highest BCUT2D eigenvalue weighted by Crippen LogP contribution is 2.16. The Kier molecular flexibility index (Phi) is 5.74. The number of benzene rings is 2. The number of amides is 2. The minimum atomic E-state index is -0.980. The fraction of sp³-hybridized carbons (Fsp3) is 0.188. The highest BCUT2D eigenvalue weighted by molar-refractivity contribution is 5.89. The monoisotopic (exact) mass is 322 g/mol. The van der Waals surface area contributed by atoms with Crippen molar-refractivity contribution in [2.75, 3.05) is 25.6 Å². The number of methoxy groups -OCH3 is 1. The quantitative estimate of drug-likeness (QED) is 0.803. The van der Waals surface area contributed by atoms with Crippen LogP contribution in [0.15, 0.2) is 42.5 Å². The largest absolute Gasteiger partial charge is 0.497 e. The zero-order valence-electron chi connectivity index (χ0n) is 12.4. The topological polar surface area (TPSA) is 59.6 Å². The molecule has 5 nitrogen and oxygen atoms in total. The minimum absolute atomic E-state index is 0.122. The molecule has 0 bridgehead atoms. The predicted molar refractivity (Wildman–Crippen MR) is 81.9 cm³/mol. The van der Waals surface area contributed by atoms with Crippen LogP contribution in [-0.4, -0.2) is 26.3 Å². The molecular weight excluding hydrogens is 306 g/mol. The van der Waals surface area contributed by atoms with Crippen LogP contribution in [0.2, 0.25) is 0 Å². The highest BCUT2D eigenvalue weighted by Gasteiger charge is 2.04. The fourth-order valence-electron chi connectivity index (χ4n) is 1.78. The molecule has 0 aliphatic carbocycles. The van der Waals surface area contributed by atoms with E-state index in [0.29, 0.717) is 11.4 Å². The van der Waals surface area contributed by atoms with Gasteiger partial charge in [0.2, 0.25) is 0 Å². The number of hydrogen-bond donors (Lipinski definition) is 2. The average Bonchev–Trinajstić information content (AvgIpc) is 2.55. The van der Waals surface area contributed by atoms with Crippen molar-refractivity contribution < 1.29 is 23.0 Å². The summed E-state index contributed by atoms with van der Waals surface area (Å²) >= 11 is 0. The van der Waals surface area contributed by atoms with Crippen LogP contribution in [0, 0.1) is 11.6 Å². The molecule has 2 aromatic rings. The van der Waals surface area contributed by atoms with Gasteiger partial charge in [0.25, 0.3) is 0 Å². The van der Waals surface area contributed by atoms with Crippen LogP contribution in [0.4, 0.5) is 19.3 Å². The fourth-order valence-corrected chi connectivity index (χ4v) is 1.78. The van der Waals surface area contributed by atoms with Gasteiger partial charge in [-0.2, -0.15) is 0 Å². The van der Waals surface area contributed by atoms with Crippen molar-refractivity contribution in [3.05, 3.63) is 54.1 Å². The number of hydrogen-bond acceptors (Lipinski definition) is 3. The van der Waals surface area contributed by atoms with Gasteiger partial charge in [-0.05, 0) is 24.3 Å². The maximum atomic E-state index is 13.0. The van der Waals surface area contributed by atoms with Crippen molar-refractivity contribution in [3.8, 4) is 11.5 Å². The van der Waals surface area contributed by atoms with E-state index in [2.05, 4.69) is 10.6 Å². The molecular formula is C16H16F2N2O3. The van der Waals surface area contributed by atoms with Gasteiger partial charge in [0, 0.05) is 17.8 Å². The van der Waals surface area contributed by atoms with Gasteiger partial charge in [0.05, 0.1) is 13.7 Å². The van der Waals surface area contributed by atoms with Gasteiger partial charge in [-0.3, -0.25) is 0 Å². The van der Waals surface area contributed by atoms with Gasteiger partial charge in [0.15, 0.2) is 11.6 Å². The summed E-state index contributed by atoms with van der Waals surface area (Å²) in [5, 5.41) is 5.22. The lowest BCUT2D eigenvalue weighted by atomic mass is 10.3. The van der Waals surface area contributed by atoms with E-state index in [-0.39, 0.29) is 18.9 Å². The number of carbonyl (C=O) groups excluding carboxylic acids is 1. The van der Waals surface area contributed by atoms with Crippen molar-refractivity contribution in [1.29, 1.82) is 0 Å². The van der Waals surface area contributed by atoms with E-state index in [1.54, 1.807) is 24.3 Å². The summed E-state index contributed by atoms with van der Waals surface area (Å²) in [5.41, 5.74) is 0.586. The van der Waals surface area contributed by atoms with Crippen LogP contribution < -0.4 is 20.1 Å². The van der Waals surface area contributed by atoms with Crippen LogP contribution >= 0.6 is 0 Å². The molecule has 2 amide bonds. The minimum Gasteiger partial charge on any atom is -0.497 e. The Bertz CT molecular complexity index is 680. The molecule has 0 aromatic heterocycles. The molecule has 0 saturated heterocycles. The third-order valence-electron chi connectivity index (χ3n) is 2.88. The Morgan fingerprint density at radius 3 is 2.65 bits per heavy atom. The second-order valence-corrected chi connectivity index (χ2v) is 4.54. The van der Waals surface area contributed by atoms with Crippen molar-refractivity contribution in [2.24, 2.45) is 0 Å². The first-order valence-corrected chi connectivity index (χ1v) is 6.85. The van der Waals surface area contributed by atoms with E-state index >= 15 is 0 Å². The van der Waals surface area contributed by atoms with Gasteiger partial charge in [-0.25, -0.2) is 13.6 Å². The Labute approximate surface area is 132 Å². The van der Waals surface area contributed by atoms with Gasteiger partial charge in [0.1, 0.15) is 18.1 Å². The smallest absolute Gasteiger partial charge is 0.319 e. The van der Waals surface area contributed by atoms with Gasteiger partial charge in [-0.1, -0.05) is 6.07 Å². The Morgan fingerprint density at radius 2 is 1.91 bits per heavy atom. The summed E-state index contributed by atoms with van der Waals surface area (Å²) in [4.78, 5) is 11.7. The van der Waals surface area contributed by atoms with E-state index in [9.17, 15) is 13.6 Å². The average molecular weight is 322 g/mol. The molecule has 7 heteroatoms. The number of carbonyl (C=O) groups is 1. The molecule has 2 N–H and O–H groups in total. The van der Waals surface area contributed by atoms with Gasteiger partial charge in [-0.15, -0.1) is 0 Å². The lowest BCUT2D eigenvalue weighted by molar-refractivity contribution is 0.247. The van der Waals surface area contributed by atoms with Crippen molar-refractivity contribution in [1.82, 2.24) is 5.32 Å². The molecule has 0 fully saturated rings. The lowest BCUT2D eigenvalue weighted by Crippen LogP contribution is -2.32. The molecule has 0 unspecified atom stereocenters. The number of ether oxygens (including phenoxy) is 2. The molecule has 23 heavy (non-hydrogen) atoms. The standard InChI is InChI=1S/C16H16F2N2O3/c1-22-12-4-2-3-11(9-12)20-16(21)19-7-8-23-13-5-6-14(17)15(18)10-13/h2-6,9-10H,7-8H2,1H3,(H2,19,20,21). The molecule has 0 saturated carbocycles. The maximum absolute atomic E-state index is 13.0. The maximum Gasteiger partial charge on any atom is 0.319 e. The van der Waals surface area contributed by atoms with E-state index in [1.165, 1.54) is 13.2 Å². The number of nitrogens with one attached hydrogen (secondary N) is 2. The van der Waals surface area contributed by atoms with E-state index in [0.717, 1.165) is 12.1 Å². The van der Waals surface area contributed by atoms with E-state index in [1.807, 2.05) is 0 Å². The first-order valence-electron chi connectivity index (χ1n) is 6.85. The Balaban J connectivity index is 1.73. The SMILES string of the molecule is COc1cccc(NC(=O)NCCOc2ccc(F)c(F)c2)c1. The summed E-state index contributed by atoms with van der Waals surface area (Å²) in [5.74, 6) is -1.09. The van der Waals surface area contributed by atoms with E-state index < -0.39 is 17.7 Å². The summed E-state index contributed by atoms with van der Waals surface area (Å²) in [6.45, 7) is 0.325. The molecule has 0 aliphatic rings. The first-order chi connectivity index (χ1) is 11.1.